The summed E-state index contributed by atoms with van der Waals surface area (Å²) in [7, 11) is 0. The van der Waals surface area contributed by atoms with Gasteiger partial charge in [0.15, 0.2) is 0 Å². The molecule has 1 rings (SSSR count). The molecule has 1 heterocycles. The molecule has 0 spiro atoms. The minimum Gasteiger partial charge on any atom is -0.381 e. The predicted octanol–water partition coefficient (Wildman–Crippen LogP) is -1.71. The molecule has 0 saturated carbocycles. The van der Waals surface area contributed by atoms with Crippen LogP contribution in [0.4, 0.5) is 0 Å². The number of nitrogens with one attached hydrogen (secondary N) is 2. The summed E-state index contributed by atoms with van der Waals surface area (Å²) < 4.78 is 0. The Balaban J connectivity index is 2.51. The maximum atomic E-state index is 11.4. The number of nitrogens with two attached hydrogens (primary N) is 1. The predicted molar refractivity (Wildman–Crippen MR) is 50.9 cm³/mol. The fourth-order valence-corrected chi connectivity index (χ4v) is 0.965. The van der Waals surface area contributed by atoms with Crippen molar-refractivity contribution < 1.29 is 14.7 Å². The number of hydrogen-bond donors (Lipinski definition) is 4. The molecule has 5 N–H and O–H groups in total. The standard InChI is InChI=1S/C8H12N4O3/c1-4-5(2-11-12-4)8(15)10-3-6(13)7(9)14/h2,6,13H,3H2,1H3,(H2,9,14)(H,10,15)(H,11,12). The third-order valence-electron chi connectivity index (χ3n) is 1.86. The van der Waals surface area contributed by atoms with Gasteiger partial charge in [-0.05, 0) is 6.92 Å². The third-order valence-corrected chi connectivity index (χ3v) is 1.86. The number of hydrogen-bond acceptors (Lipinski definition) is 4. The van der Waals surface area contributed by atoms with E-state index in [1.54, 1.807) is 6.92 Å². The molecule has 0 aliphatic carbocycles. The molecule has 0 aliphatic heterocycles. The monoisotopic (exact) mass is 212 g/mol. The molecule has 1 atom stereocenters. The molecule has 0 bridgehead atoms. The number of carbonyl (C=O) groups is 2. The van der Waals surface area contributed by atoms with E-state index < -0.39 is 17.9 Å². The van der Waals surface area contributed by atoms with Crippen molar-refractivity contribution >= 4 is 11.8 Å². The topological polar surface area (TPSA) is 121 Å². The van der Waals surface area contributed by atoms with Crippen molar-refractivity contribution in [3.8, 4) is 0 Å². The highest BCUT2D eigenvalue weighted by Crippen LogP contribution is 2.01. The van der Waals surface area contributed by atoms with E-state index in [1.807, 2.05) is 0 Å². The molecule has 0 fully saturated rings. The molecule has 1 aromatic heterocycles. The molecule has 2 amide bonds. The molecule has 0 radical (unpaired) electrons. The van der Waals surface area contributed by atoms with Crippen LogP contribution in [-0.2, 0) is 4.79 Å². The first-order valence-corrected chi connectivity index (χ1v) is 4.28. The fraction of sp³-hybridized carbons (Fsp3) is 0.375. The van der Waals surface area contributed by atoms with E-state index >= 15 is 0 Å². The second kappa shape index (κ2) is 4.56. The van der Waals surface area contributed by atoms with Crippen molar-refractivity contribution in [2.45, 2.75) is 13.0 Å². The van der Waals surface area contributed by atoms with Crippen LogP contribution in [-0.4, -0.2) is 39.8 Å². The average molecular weight is 212 g/mol. The van der Waals surface area contributed by atoms with Crippen molar-refractivity contribution in [2.75, 3.05) is 6.54 Å². The first-order valence-electron chi connectivity index (χ1n) is 4.28. The Bertz CT molecular complexity index is 374. The normalized spacial score (nSPS) is 12.1. The number of aliphatic hydroxyl groups is 1. The zero-order chi connectivity index (χ0) is 11.4. The molecule has 0 aromatic carbocycles. The zero-order valence-electron chi connectivity index (χ0n) is 8.15. The summed E-state index contributed by atoms with van der Waals surface area (Å²) in [4.78, 5) is 21.9. The van der Waals surface area contributed by atoms with Gasteiger partial charge in [-0.25, -0.2) is 0 Å². The first kappa shape index (κ1) is 11.2. The molecular weight excluding hydrogens is 200 g/mol. The number of H-pyrrole nitrogens is 1. The van der Waals surface area contributed by atoms with Crippen LogP contribution in [0, 0.1) is 6.92 Å². The van der Waals surface area contributed by atoms with Gasteiger partial charge in [-0.1, -0.05) is 0 Å². The highest BCUT2D eigenvalue weighted by atomic mass is 16.3. The van der Waals surface area contributed by atoms with E-state index in [9.17, 15) is 9.59 Å². The molecule has 7 heteroatoms. The van der Waals surface area contributed by atoms with Crippen LogP contribution in [0.2, 0.25) is 0 Å². The Morgan fingerprint density at radius 2 is 2.40 bits per heavy atom. The molecule has 82 valence electrons. The van der Waals surface area contributed by atoms with Gasteiger partial charge in [0.25, 0.3) is 5.91 Å². The number of aromatic amines is 1. The molecule has 1 aromatic rings. The molecule has 0 saturated heterocycles. The van der Waals surface area contributed by atoms with E-state index in [2.05, 4.69) is 15.5 Å². The third kappa shape index (κ3) is 2.78. The van der Waals surface area contributed by atoms with Crippen molar-refractivity contribution in [3.63, 3.8) is 0 Å². The number of carbonyl (C=O) groups excluding carboxylic acids is 2. The Labute approximate surface area is 85.7 Å². The quantitative estimate of drug-likeness (QED) is 0.475. The van der Waals surface area contributed by atoms with Gasteiger partial charge >= 0.3 is 0 Å². The second-order valence-electron chi connectivity index (χ2n) is 3.04. The highest BCUT2D eigenvalue weighted by molar-refractivity contribution is 5.95. The van der Waals surface area contributed by atoms with Gasteiger partial charge in [0.1, 0.15) is 6.10 Å². The van der Waals surface area contributed by atoms with Gasteiger partial charge in [-0.2, -0.15) is 5.10 Å². The van der Waals surface area contributed by atoms with Gasteiger partial charge < -0.3 is 16.2 Å². The van der Waals surface area contributed by atoms with Crippen LogP contribution in [0.3, 0.4) is 0 Å². The molecule has 7 nitrogen and oxygen atoms in total. The summed E-state index contributed by atoms with van der Waals surface area (Å²) in [6, 6.07) is 0. The van der Waals surface area contributed by atoms with Crippen LogP contribution < -0.4 is 11.1 Å². The van der Waals surface area contributed by atoms with Crippen LogP contribution in [0.1, 0.15) is 16.1 Å². The molecule has 1 unspecified atom stereocenters. The zero-order valence-corrected chi connectivity index (χ0v) is 8.15. The van der Waals surface area contributed by atoms with Crippen molar-refractivity contribution in [2.24, 2.45) is 5.73 Å². The summed E-state index contributed by atoms with van der Waals surface area (Å²) in [5, 5.41) is 17.6. The number of primary amides is 1. The van der Waals surface area contributed by atoms with Gasteiger partial charge in [0.2, 0.25) is 5.91 Å². The van der Waals surface area contributed by atoms with Gasteiger partial charge in [-0.15, -0.1) is 0 Å². The smallest absolute Gasteiger partial charge is 0.254 e. The number of rotatable bonds is 4. The van der Waals surface area contributed by atoms with Crippen molar-refractivity contribution in [3.05, 3.63) is 17.5 Å². The van der Waals surface area contributed by atoms with Gasteiger partial charge in [0, 0.05) is 5.69 Å². The number of amides is 2. The molecule has 0 aliphatic rings. The number of aryl methyl sites for hydroxylation is 1. The highest BCUT2D eigenvalue weighted by Gasteiger charge is 2.15. The van der Waals surface area contributed by atoms with Gasteiger partial charge in [-0.3, -0.25) is 14.7 Å². The maximum Gasteiger partial charge on any atom is 0.254 e. The van der Waals surface area contributed by atoms with Crippen LogP contribution in [0.25, 0.3) is 0 Å². The summed E-state index contributed by atoms with van der Waals surface area (Å²) in [5.41, 5.74) is 5.79. The molecular formula is C8H12N4O3. The summed E-state index contributed by atoms with van der Waals surface area (Å²) in [6.45, 7) is 1.48. The number of aromatic nitrogens is 2. The summed E-state index contributed by atoms with van der Waals surface area (Å²) >= 11 is 0. The number of aliphatic hydroxyl groups excluding tert-OH is 1. The largest absolute Gasteiger partial charge is 0.381 e. The SMILES string of the molecule is Cc1[nH]ncc1C(=O)NCC(O)C(N)=O. The lowest BCUT2D eigenvalue weighted by atomic mass is 10.2. The van der Waals surface area contributed by atoms with E-state index in [0.29, 0.717) is 11.3 Å². The van der Waals surface area contributed by atoms with E-state index in [4.69, 9.17) is 10.8 Å². The summed E-state index contributed by atoms with van der Waals surface area (Å²) in [5.74, 6) is -1.29. The second-order valence-corrected chi connectivity index (χ2v) is 3.04. The van der Waals surface area contributed by atoms with E-state index in [0.717, 1.165) is 0 Å². The lowest BCUT2D eigenvalue weighted by molar-refractivity contribution is -0.125. The average Bonchev–Trinajstić information content (AvgIpc) is 2.60. The Morgan fingerprint density at radius 3 is 2.87 bits per heavy atom. The van der Waals surface area contributed by atoms with Gasteiger partial charge in [0.05, 0.1) is 18.3 Å². The van der Waals surface area contributed by atoms with Crippen LogP contribution in [0.5, 0.6) is 0 Å². The summed E-state index contributed by atoms with van der Waals surface area (Å²) in [6.07, 6.45) is -0.0115. The van der Waals surface area contributed by atoms with Crippen LogP contribution in [0.15, 0.2) is 6.20 Å². The van der Waals surface area contributed by atoms with Crippen molar-refractivity contribution in [1.82, 2.24) is 15.5 Å². The Kier molecular flexibility index (Phi) is 3.40. The Morgan fingerprint density at radius 1 is 1.73 bits per heavy atom. The van der Waals surface area contributed by atoms with E-state index in [-0.39, 0.29) is 6.54 Å². The van der Waals surface area contributed by atoms with Crippen molar-refractivity contribution in [1.29, 1.82) is 0 Å². The first-order chi connectivity index (χ1) is 7.02. The minimum atomic E-state index is -1.37. The maximum absolute atomic E-state index is 11.4. The molecule has 15 heavy (non-hydrogen) atoms. The van der Waals surface area contributed by atoms with Crippen LogP contribution >= 0.6 is 0 Å². The lowest BCUT2D eigenvalue weighted by Gasteiger charge is -2.07. The van der Waals surface area contributed by atoms with E-state index in [1.165, 1.54) is 6.20 Å². The number of nitrogens with zero attached hydrogens (tertiary/aromatic N) is 1. The fourth-order valence-electron chi connectivity index (χ4n) is 0.965. The lowest BCUT2D eigenvalue weighted by Crippen LogP contribution is -2.40. The Hall–Kier alpha value is -1.89. The minimum absolute atomic E-state index is 0.210.